The molecule has 6 heteroatoms. The summed E-state index contributed by atoms with van der Waals surface area (Å²) in [6.07, 6.45) is 1.47. The molecule has 1 N–H and O–H groups in total. The van der Waals surface area contributed by atoms with Gasteiger partial charge in [0.15, 0.2) is 0 Å². The second-order valence-corrected chi connectivity index (χ2v) is 7.65. The van der Waals surface area contributed by atoms with Crippen LogP contribution in [0.15, 0.2) is 50.9 Å². The first-order valence-corrected chi connectivity index (χ1v) is 8.95. The third-order valence-electron chi connectivity index (χ3n) is 3.11. The predicted molar refractivity (Wildman–Crippen MR) is 92.7 cm³/mol. The van der Waals surface area contributed by atoms with E-state index in [0.29, 0.717) is 11.1 Å². The summed E-state index contributed by atoms with van der Waals surface area (Å²) in [7, 11) is -3.68. The molecule has 0 bridgehead atoms. The Morgan fingerprint density at radius 3 is 2.32 bits per heavy atom. The molecule has 0 saturated heterocycles. The zero-order valence-corrected chi connectivity index (χ0v) is 15.0. The summed E-state index contributed by atoms with van der Waals surface area (Å²) in [4.78, 5) is 2.55. The van der Waals surface area contributed by atoms with E-state index in [0.717, 1.165) is 15.6 Å². The number of hydrogen-bond acceptors (Lipinski definition) is 3. The highest BCUT2D eigenvalue weighted by Crippen LogP contribution is 2.21. The minimum Gasteiger partial charge on any atom is -0.200 e. The second kappa shape index (κ2) is 6.62. The van der Waals surface area contributed by atoms with E-state index in [-0.39, 0.29) is 4.90 Å². The molecule has 0 heterocycles. The Balaban J connectivity index is 2.26. The van der Waals surface area contributed by atoms with Crippen LogP contribution in [0.2, 0.25) is 0 Å². The maximum absolute atomic E-state index is 12.4. The van der Waals surface area contributed by atoms with Crippen LogP contribution in [0, 0.1) is 20.8 Å². The number of hydrogen-bond donors (Lipinski definition) is 1. The van der Waals surface area contributed by atoms with Crippen LogP contribution in [-0.4, -0.2) is 14.6 Å². The van der Waals surface area contributed by atoms with Gasteiger partial charge in [0.2, 0.25) is 0 Å². The van der Waals surface area contributed by atoms with Crippen molar-refractivity contribution in [2.45, 2.75) is 25.7 Å². The molecule has 0 aliphatic heterocycles. The van der Waals surface area contributed by atoms with Crippen molar-refractivity contribution in [1.29, 1.82) is 0 Å². The SMILES string of the molecule is Cc1cc(C)c(S(=O)(=O)N/N=C\c2cccc(Br)c2)c(C)c1. The number of aryl methyl sites for hydroxylation is 3. The molecule has 116 valence electrons. The molecule has 0 atom stereocenters. The molecule has 2 aromatic carbocycles. The molecule has 0 unspecified atom stereocenters. The molecular formula is C16H17BrN2O2S. The largest absolute Gasteiger partial charge is 0.277 e. The second-order valence-electron chi connectivity index (χ2n) is 5.14. The Hall–Kier alpha value is -1.66. The molecule has 4 nitrogen and oxygen atoms in total. The number of hydrazone groups is 1. The highest BCUT2D eigenvalue weighted by molar-refractivity contribution is 9.10. The Kier molecular flexibility index (Phi) is 5.03. The van der Waals surface area contributed by atoms with E-state index in [1.54, 1.807) is 13.8 Å². The van der Waals surface area contributed by atoms with Crippen LogP contribution in [0.5, 0.6) is 0 Å². The van der Waals surface area contributed by atoms with Gasteiger partial charge in [-0.15, -0.1) is 0 Å². The summed E-state index contributed by atoms with van der Waals surface area (Å²) < 4.78 is 25.7. The lowest BCUT2D eigenvalue weighted by Gasteiger charge is -2.11. The van der Waals surface area contributed by atoms with E-state index in [2.05, 4.69) is 25.9 Å². The molecule has 0 aliphatic carbocycles. The fourth-order valence-corrected chi connectivity index (χ4v) is 4.06. The van der Waals surface area contributed by atoms with Crippen LogP contribution >= 0.6 is 15.9 Å². The zero-order valence-electron chi connectivity index (χ0n) is 12.6. The van der Waals surface area contributed by atoms with Crippen LogP contribution in [0.3, 0.4) is 0 Å². The summed E-state index contributed by atoms with van der Waals surface area (Å²) in [5, 5.41) is 3.85. The molecule has 0 saturated carbocycles. The summed E-state index contributed by atoms with van der Waals surface area (Å²) in [5.41, 5.74) is 3.26. The first-order chi connectivity index (χ1) is 10.3. The monoisotopic (exact) mass is 380 g/mol. The van der Waals surface area contributed by atoms with Crippen molar-refractivity contribution in [3.05, 3.63) is 63.1 Å². The van der Waals surface area contributed by atoms with E-state index >= 15 is 0 Å². The first-order valence-electron chi connectivity index (χ1n) is 6.68. The lowest BCUT2D eigenvalue weighted by Crippen LogP contribution is -2.20. The van der Waals surface area contributed by atoms with Crippen LogP contribution in [-0.2, 0) is 10.0 Å². The quantitative estimate of drug-likeness (QED) is 0.649. The number of halogens is 1. The van der Waals surface area contributed by atoms with Gasteiger partial charge in [0.05, 0.1) is 11.1 Å². The maximum atomic E-state index is 12.4. The Bertz CT molecular complexity index is 807. The summed E-state index contributed by atoms with van der Waals surface area (Å²) in [5.74, 6) is 0. The van der Waals surface area contributed by atoms with Gasteiger partial charge in [-0.2, -0.15) is 13.5 Å². The van der Waals surface area contributed by atoms with Crippen molar-refractivity contribution in [2.75, 3.05) is 0 Å². The molecular weight excluding hydrogens is 364 g/mol. The van der Waals surface area contributed by atoms with Crippen molar-refractivity contribution < 1.29 is 8.42 Å². The molecule has 0 spiro atoms. The van der Waals surface area contributed by atoms with Crippen molar-refractivity contribution >= 4 is 32.2 Å². The van der Waals surface area contributed by atoms with Gasteiger partial charge in [0.25, 0.3) is 10.0 Å². The van der Waals surface area contributed by atoms with Gasteiger partial charge in [-0.25, -0.2) is 4.83 Å². The fourth-order valence-electron chi connectivity index (χ4n) is 2.39. The zero-order chi connectivity index (χ0) is 16.3. The Morgan fingerprint density at radius 1 is 1.09 bits per heavy atom. The minimum atomic E-state index is -3.68. The van der Waals surface area contributed by atoms with Gasteiger partial charge >= 0.3 is 0 Å². The lowest BCUT2D eigenvalue weighted by molar-refractivity contribution is 0.583. The molecule has 0 amide bonds. The van der Waals surface area contributed by atoms with Crippen molar-refractivity contribution in [1.82, 2.24) is 4.83 Å². The number of sulfonamides is 1. The van der Waals surface area contributed by atoms with E-state index < -0.39 is 10.0 Å². The highest BCUT2D eigenvalue weighted by Gasteiger charge is 2.18. The molecule has 2 rings (SSSR count). The molecule has 0 aromatic heterocycles. The summed E-state index contributed by atoms with van der Waals surface area (Å²) >= 11 is 3.36. The van der Waals surface area contributed by atoms with Crippen LogP contribution < -0.4 is 4.83 Å². The number of nitrogens with one attached hydrogen (secondary N) is 1. The number of nitrogens with zero attached hydrogens (tertiary/aromatic N) is 1. The molecule has 22 heavy (non-hydrogen) atoms. The van der Waals surface area contributed by atoms with E-state index in [1.807, 2.05) is 43.3 Å². The Labute approximate surface area is 139 Å². The topological polar surface area (TPSA) is 58.5 Å². The van der Waals surface area contributed by atoms with Crippen LogP contribution in [0.1, 0.15) is 22.3 Å². The highest BCUT2D eigenvalue weighted by atomic mass is 79.9. The lowest BCUT2D eigenvalue weighted by atomic mass is 10.1. The normalized spacial score (nSPS) is 11.8. The maximum Gasteiger partial charge on any atom is 0.277 e. The molecule has 2 aromatic rings. The van der Waals surface area contributed by atoms with Gasteiger partial charge in [0.1, 0.15) is 0 Å². The van der Waals surface area contributed by atoms with Gasteiger partial charge in [-0.1, -0.05) is 45.8 Å². The van der Waals surface area contributed by atoms with Crippen LogP contribution in [0.25, 0.3) is 0 Å². The van der Waals surface area contributed by atoms with E-state index in [1.165, 1.54) is 6.21 Å². The van der Waals surface area contributed by atoms with Gasteiger partial charge in [0, 0.05) is 4.47 Å². The average molecular weight is 381 g/mol. The average Bonchev–Trinajstić information content (AvgIpc) is 2.36. The minimum absolute atomic E-state index is 0.282. The van der Waals surface area contributed by atoms with Gasteiger partial charge in [-0.05, 0) is 49.6 Å². The van der Waals surface area contributed by atoms with Gasteiger partial charge < -0.3 is 0 Å². The van der Waals surface area contributed by atoms with E-state index in [9.17, 15) is 8.42 Å². The predicted octanol–water partition coefficient (Wildman–Crippen LogP) is 3.69. The van der Waals surface area contributed by atoms with E-state index in [4.69, 9.17) is 0 Å². The third kappa shape index (κ3) is 3.96. The standard InChI is InChI=1S/C16H17BrN2O2S/c1-11-7-12(2)16(13(3)8-11)22(20,21)19-18-10-14-5-4-6-15(17)9-14/h4-10,19H,1-3H3/b18-10-. The van der Waals surface area contributed by atoms with Crippen molar-refractivity contribution in [3.8, 4) is 0 Å². The smallest absolute Gasteiger partial charge is 0.200 e. The summed E-state index contributed by atoms with van der Waals surface area (Å²) in [6, 6.07) is 11.1. The molecule has 0 fully saturated rings. The summed E-state index contributed by atoms with van der Waals surface area (Å²) in [6.45, 7) is 5.51. The van der Waals surface area contributed by atoms with Gasteiger partial charge in [-0.3, -0.25) is 0 Å². The number of benzene rings is 2. The Morgan fingerprint density at radius 2 is 1.73 bits per heavy atom. The first kappa shape index (κ1) is 16.7. The van der Waals surface area contributed by atoms with Crippen molar-refractivity contribution in [2.24, 2.45) is 5.10 Å². The van der Waals surface area contributed by atoms with Crippen molar-refractivity contribution in [3.63, 3.8) is 0 Å². The number of rotatable bonds is 4. The molecule has 0 aliphatic rings. The molecule has 0 radical (unpaired) electrons. The van der Waals surface area contributed by atoms with Crippen LogP contribution in [0.4, 0.5) is 0 Å². The fraction of sp³-hybridized carbons (Fsp3) is 0.188. The third-order valence-corrected chi connectivity index (χ3v) is 5.13.